The lowest BCUT2D eigenvalue weighted by Crippen LogP contribution is -2.61. The minimum absolute atomic E-state index is 0.0411. The van der Waals surface area contributed by atoms with Crippen molar-refractivity contribution in [2.24, 2.45) is 11.8 Å². The molecule has 2 aliphatic heterocycles. The van der Waals surface area contributed by atoms with Crippen LogP contribution >= 0.6 is 23.5 Å². The standard InChI is InChI=1S/C25H44O4S2Si/c1-16(2)32(17(3)4,18(5)6)29-24(27-8)11-10-20-22(24)23-19(14-21(26-7)28-23)15-25(20)30-12-9-13-31-25/h14,16-18,20-23H,9-13,15H2,1-8H3. The topological polar surface area (TPSA) is 36.9 Å². The summed E-state index contributed by atoms with van der Waals surface area (Å²) < 4.78 is 26.5. The Hall–Kier alpha value is 0.497. The lowest BCUT2D eigenvalue weighted by molar-refractivity contribution is -0.235. The maximum absolute atomic E-state index is 7.55. The van der Waals surface area contributed by atoms with Crippen LogP contribution in [0.2, 0.25) is 16.6 Å². The van der Waals surface area contributed by atoms with Gasteiger partial charge in [0, 0.05) is 26.6 Å². The first-order valence-electron chi connectivity index (χ1n) is 12.6. The molecule has 4 aliphatic rings. The fraction of sp³-hybridized carbons (Fsp3) is 0.920. The SMILES string of the molecule is COC1C=C2CC3(SCCCS3)C3CCC(OC)(O[Si](C(C)C)(C(C)C)C(C)C)C3C2O1. The van der Waals surface area contributed by atoms with Gasteiger partial charge in [-0.05, 0) is 65.0 Å². The highest BCUT2D eigenvalue weighted by molar-refractivity contribution is 8.18. The Balaban J connectivity index is 1.78. The molecule has 0 N–H and O–H groups in total. The maximum atomic E-state index is 7.55. The van der Waals surface area contributed by atoms with Crippen molar-refractivity contribution in [1.29, 1.82) is 0 Å². The molecule has 0 aromatic rings. The lowest BCUT2D eigenvalue weighted by atomic mass is 9.74. The Bertz CT molecular complexity index is 684. The fourth-order valence-corrected chi connectivity index (χ4v) is 16.9. The van der Waals surface area contributed by atoms with Crippen molar-refractivity contribution in [2.75, 3.05) is 25.7 Å². The van der Waals surface area contributed by atoms with Gasteiger partial charge in [-0.25, -0.2) is 0 Å². The molecule has 184 valence electrons. The molecule has 5 unspecified atom stereocenters. The van der Waals surface area contributed by atoms with Crippen molar-refractivity contribution in [3.8, 4) is 0 Å². The fourth-order valence-electron chi connectivity index (χ4n) is 7.46. The second-order valence-corrected chi connectivity index (χ2v) is 19.5. The summed E-state index contributed by atoms with van der Waals surface area (Å²) in [7, 11) is 1.50. The van der Waals surface area contributed by atoms with E-state index in [9.17, 15) is 0 Å². The summed E-state index contributed by atoms with van der Waals surface area (Å²) in [6, 6.07) is 0. The Kier molecular flexibility index (Phi) is 7.60. The molecule has 4 nitrogen and oxygen atoms in total. The first-order chi connectivity index (χ1) is 15.2. The third kappa shape index (κ3) is 3.90. The van der Waals surface area contributed by atoms with Crippen molar-refractivity contribution in [1.82, 2.24) is 0 Å². The number of rotatable bonds is 7. The molecule has 0 radical (unpaired) electrons. The van der Waals surface area contributed by atoms with E-state index in [4.69, 9.17) is 18.6 Å². The molecule has 32 heavy (non-hydrogen) atoms. The van der Waals surface area contributed by atoms with E-state index in [0.29, 0.717) is 22.5 Å². The van der Waals surface area contributed by atoms with Crippen LogP contribution in [0, 0.1) is 11.8 Å². The van der Waals surface area contributed by atoms with Crippen LogP contribution in [0.3, 0.4) is 0 Å². The van der Waals surface area contributed by atoms with Gasteiger partial charge in [-0.15, -0.1) is 23.5 Å². The number of hydrogen-bond acceptors (Lipinski definition) is 6. The zero-order chi connectivity index (χ0) is 23.3. The van der Waals surface area contributed by atoms with Crippen LogP contribution < -0.4 is 0 Å². The Labute approximate surface area is 205 Å². The van der Waals surface area contributed by atoms with E-state index in [1.807, 2.05) is 7.11 Å². The summed E-state index contributed by atoms with van der Waals surface area (Å²) in [5.41, 5.74) is 2.99. The van der Waals surface area contributed by atoms with Crippen molar-refractivity contribution in [2.45, 2.75) is 106 Å². The summed E-state index contributed by atoms with van der Waals surface area (Å²) in [6.45, 7) is 14.2. The molecule has 3 fully saturated rings. The van der Waals surface area contributed by atoms with Crippen LogP contribution in [0.1, 0.15) is 67.2 Å². The van der Waals surface area contributed by atoms with Crippen LogP contribution in [0.4, 0.5) is 0 Å². The number of thioether (sulfide) groups is 2. The molecule has 0 aromatic carbocycles. The second kappa shape index (κ2) is 9.51. The molecule has 7 heteroatoms. The maximum Gasteiger partial charge on any atom is 0.204 e. The summed E-state index contributed by atoms with van der Waals surface area (Å²) in [5, 5.41) is 0. The molecule has 1 spiro atoms. The molecule has 0 amide bonds. The van der Waals surface area contributed by atoms with E-state index in [2.05, 4.69) is 71.1 Å². The average molecular weight is 501 g/mol. The minimum atomic E-state index is -2.14. The first-order valence-corrected chi connectivity index (χ1v) is 16.7. The molecule has 5 atom stereocenters. The van der Waals surface area contributed by atoms with Gasteiger partial charge in [0.25, 0.3) is 0 Å². The summed E-state index contributed by atoms with van der Waals surface area (Å²) >= 11 is 4.39. The summed E-state index contributed by atoms with van der Waals surface area (Å²) in [5.74, 6) is 2.69. The summed E-state index contributed by atoms with van der Waals surface area (Å²) in [4.78, 5) is 0. The minimum Gasteiger partial charge on any atom is -0.389 e. The smallest absolute Gasteiger partial charge is 0.204 e. The molecular formula is C25H44O4S2Si. The van der Waals surface area contributed by atoms with Gasteiger partial charge in [0.05, 0.1) is 10.2 Å². The number of hydrogen-bond donors (Lipinski definition) is 0. The Morgan fingerprint density at radius 3 is 2.19 bits per heavy atom. The third-order valence-corrected chi connectivity index (χ3v) is 18.4. The molecule has 2 saturated carbocycles. The van der Waals surface area contributed by atoms with Gasteiger partial charge < -0.3 is 18.6 Å². The zero-order valence-corrected chi connectivity index (χ0v) is 23.9. The first kappa shape index (κ1) is 25.6. The van der Waals surface area contributed by atoms with Crippen molar-refractivity contribution in [3.63, 3.8) is 0 Å². The van der Waals surface area contributed by atoms with Crippen LogP contribution in [-0.4, -0.2) is 56.3 Å². The molecule has 2 heterocycles. The quantitative estimate of drug-likeness (QED) is 0.217. The molecule has 0 bridgehead atoms. The van der Waals surface area contributed by atoms with Crippen molar-refractivity contribution >= 4 is 31.8 Å². The van der Waals surface area contributed by atoms with E-state index in [1.54, 1.807) is 7.11 Å². The van der Waals surface area contributed by atoms with Gasteiger partial charge in [-0.1, -0.05) is 41.5 Å². The third-order valence-electron chi connectivity index (χ3n) is 8.70. The van der Waals surface area contributed by atoms with E-state index in [1.165, 1.54) is 23.5 Å². The Morgan fingerprint density at radius 2 is 1.66 bits per heavy atom. The van der Waals surface area contributed by atoms with Gasteiger partial charge in [-0.3, -0.25) is 0 Å². The number of methoxy groups -OCH3 is 2. The highest BCUT2D eigenvalue weighted by atomic mass is 32.2. The van der Waals surface area contributed by atoms with E-state index >= 15 is 0 Å². The average Bonchev–Trinajstić information content (AvgIpc) is 3.33. The number of fused-ring (bicyclic) bond motifs is 4. The molecule has 0 aromatic heterocycles. The van der Waals surface area contributed by atoms with Crippen molar-refractivity contribution in [3.05, 3.63) is 11.6 Å². The molecule has 2 aliphatic carbocycles. The highest BCUT2D eigenvalue weighted by Gasteiger charge is 2.67. The second-order valence-electron chi connectivity index (χ2n) is 11.0. The van der Waals surface area contributed by atoms with Crippen LogP contribution in [0.5, 0.6) is 0 Å². The Morgan fingerprint density at radius 1 is 1.03 bits per heavy atom. The van der Waals surface area contributed by atoms with Gasteiger partial charge in [0.15, 0.2) is 12.1 Å². The molecule has 4 rings (SSSR count). The van der Waals surface area contributed by atoms with E-state index in [-0.39, 0.29) is 22.4 Å². The monoisotopic (exact) mass is 500 g/mol. The van der Waals surface area contributed by atoms with Gasteiger partial charge >= 0.3 is 0 Å². The van der Waals surface area contributed by atoms with Gasteiger partial charge in [0.2, 0.25) is 8.32 Å². The van der Waals surface area contributed by atoms with Crippen LogP contribution in [0.25, 0.3) is 0 Å². The molecular weight excluding hydrogens is 456 g/mol. The van der Waals surface area contributed by atoms with Crippen LogP contribution in [0.15, 0.2) is 11.6 Å². The van der Waals surface area contributed by atoms with Gasteiger partial charge in [-0.2, -0.15) is 0 Å². The van der Waals surface area contributed by atoms with E-state index < -0.39 is 14.1 Å². The predicted octanol–water partition coefficient (Wildman–Crippen LogP) is 6.82. The molecule has 1 saturated heterocycles. The van der Waals surface area contributed by atoms with E-state index in [0.717, 1.165) is 19.3 Å². The highest BCUT2D eigenvalue weighted by Crippen LogP contribution is 2.66. The summed E-state index contributed by atoms with van der Waals surface area (Å²) in [6.07, 6.45) is 6.57. The van der Waals surface area contributed by atoms with Crippen LogP contribution in [-0.2, 0) is 18.6 Å². The predicted molar refractivity (Wildman–Crippen MR) is 139 cm³/mol. The zero-order valence-electron chi connectivity index (χ0n) is 21.3. The lowest BCUT2D eigenvalue weighted by Gasteiger charge is -2.55. The van der Waals surface area contributed by atoms with Gasteiger partial charge in [0.1, 0.15) is 0 Å². The van der Waals surface area contributed by atoms with Crippen molar-refractivity contribution < 1.29 is 18.6 Å². The largest absolute Gasteiger partial charge is 0.389 e. The normalized spacial score (nSPS) is 36.8. The number of ether oxygens (including phenoxy) is 3.